The molecule has 3 N–H and O–H groups in total. The van der Waals surface area contributed by atoms with Gasteiger partial charge < -0.3 is 24.5 Å². The van der Waals surface area contributed by atoms with Crippen LogP contribution in [-0.2, 0) is 17.9 Å². The van der Waals surface area contributed by atoms with Crippen LogP contribution in [0.1, 0.15) is 24.0 Å². The number of nitrogens with one attached hydrogen (secondary N) is 2. The molecule has 31 heavy (non-hydrogen) atoms. The number of carbonyl (C=O) groups excluding carboxylic acids is 1. The van der Waals surface area contributed by atoms with Crippen molar-refractivity contribution in [3.05, 3.63) is 59.7 Å². The van der Waals surface area contributed by atoms with Crippen LogP contribution in [0, 0.1) is 5.92 Å². The summed E-state index contributed by atoms with van der Waals surface area (Å²) in [5.41, 5.74) is 2.53. The lowest BCUT2D eigenvalue weighted by molar-refractivity contribution is -0.919. The van der Waals surface area contributed by atoms with Gasteiger partial charge in [0.05, 0.1) is 46.4 Å². The Balaban J connectivity index is 1.21. The maximum Gasteiger partial charge on any atom is 0.226 e. The Morgan fingerprint density at radius 3 is 2.29 bits per heavy atom. The summed E-state index contributed by atoms with van der Waals surface area (Å²) in [7, 11) is 1.58. The van der Waals surface area contributed by atoms with E-state index >= 15 is 0 Å². The van der Waals surface area contributed by atoms with E-state index in [9.17, 15) is 9.90 Å². The van der Waals surface area contributed by atoms with E-state index in [0.29, 0.717) is 11.7 Å². The number of phenols is 1. The zero-order valence-corrected chi connectivity index (χ0v) is 18.5. The number of ether oxygens (including phenoxy) is 1. The van der Waals surface area contributed by atoms with E-state index in [-0.39, 0.29) is 11.7 Å². The van der Waals surface area contributed by atoms with Crippen LogP contribution in [0.5, 0.6) is 11.5 Å². The fourth-order valence-electron chi connectivity index (χ4n) is 4.93. The van der Waals surface area contributed by atoms with Crippen molar-refractivity contribution < 1.29 is 24.4 Å². The van der Waals surface area contributed by atoms with Gasteiger partial charge in [-0.1, -0.05) is 30.3 Å². The number of carbonyl (C=O) groups is 1. The topological polar surface area (TPSA) is 58.7 Å². The molecule has 2 aromatic rings. The Morgan fingerprint density at radius 1 is 0.968 bits per heavy atom. The van der Waals surface area contributed by atoms with Gasteiger partial charge in [-0.3, -0.25) is 4.79 Å². The van der Waals surface area contributed by atoms with E-state index in [4.69, 9.17) is 4.74 Å². The van der Waals surface area contributed by atoms with Crippen LogP contribution in [-0.4, -0.2) is 62.3 Å². The number of methoxy groups -OCH3 is 1. The van der Waals surface area contributed by atoms with Gasteiger partial charge in [-0.05, 0) is 18.2 Å². The van der Waals surface area contributed by atoms with Crippen LogP contribution in [0.25, 0.3) is 0 Å². The highest BCUT2D eigenvalue weighted by Crippen LogP contribution is 2.26. The first-order chi connectivity index (χ1) is 15.1. The second-order valence-corrected chi connectivity index (χ2v) is 8.94. The second kappa shape index (κ2) is 10.2. The third-order valence-corrected chi connectivity index (χ3v) is 6.82. The van der Waals surface area contributed by atoms with Gasteiger partial charge in [0.2, 0.25) is 5.91 Å². The van der Waals surface area contributed by atoms with Gasteiger partial charge in [0.25, 0.3) is 0 Å². The summed E-state index contributed by atoms with van der Waals surface area (Å²) in [6.45, 7) is 7.80. The number of amides is 1. The monoisotopic (exact) mass is 425 g/mol. The number of hydrogen-bond acceptors (Lipinski definition) is 3. The van der Waals surface area contributed by atoms with Gasteiger partial charge in [-0.2, -0.15) is 0 Å². The molecule has 2 aromatic carbocycles. The molecule has 0 aliphatic carbocycles. The van der Waals surface area contributed by atoms with Gasteiger partial charge in [0, 0.05) is 29.9 Å². The molecule has 0 radical (unpaired) electrons. The van der Waals surface area contributed by atoms with Gasteiger partial charge in [-0.15, -0.1) is 0 Å². The number of nitrogens with zero attached hydrogens (tertiary/aromatic N) is 1. The van der Waals surface area contributed by atoms with Crippen LogP contribution >= 0.6 is 0 Å². The first-order valence-electron chi connectivity index (χ1n) is 11.5. The molecule has 1 amide bonds. The van der Waals surface area contributed by atoms with Crippen LogP contribution in [0.4, 0.5) is 0 Å². The normalized spacial score (nSPS) is 22.3. The number of hydrogen-bond donors (Lipinski definition) is 3. The maximum atomic E-state index is 13.1. The number of likely N-dealkylation sites (tertiary alicyclic amines) is 1. The molecule has 2 saturated heterocycles. The quantitative estimate of drug-likeness (QED) is 0.617. The Labute approximate surface area is 185 Å². The molecule has 2 aliphatic heterocycles. The van der Waals surface area contributed by atoms with E-state index in [1.807, 2.05) is 12.1 Å². The molecule has 0 unspecified atom stereocenters. The van der Waals surface area contributed by atoms with Crippen molar-refractivity contribution in [2.45, 2.75) is 25.9 Å². The molecule has 0 bridgehead atoms. The first kappa shape index (κ1) is 21.7. The minimum atomic E-state index is 0.175. The van der Waals surface area contributed by atoms with E-state index < -0.39 is 0 Å². The van der Waals surface area contributed by atoms with Crippen LogP contribution in [0.3, 0.4) is 0 Å². The van der Waals surface area contributed by atoms with E-state index in [1.165, 1.54) is 10.5 Å². The zero-order chi connectivity index (χ0) is 21.6. The number of aromatic hydroxyl groups is 1. The summed E-state index contributed by atoms with van der Waals surface area (Å²) >= 11 is 0. The molecule has 6 heteroatoms. The number of piperazine rings is 1. The highest BCUT2D eigenvalue weighted by Gasteiger charge is 2.33. The highest BCUT2D eigenvalue weighted by molar-refractivity contribution is 5.79. The average Bonchev–Trinajstić information content (AvgIpc) is 2.81. The third kappa shape index (κ3) is 5.57. The minimum Gasteiger partial charge on any atom is -0.504 e. The molecule has 2 heterocycles. The molecule has 2 aliphatic rings. The van der Waals surface area contributed by atoms with E-state index in [0.717, 1.165) is 70.8 Å². The van der Waals surface area contributed by atoms with Crippen molar-refractivity contribution in [1.29, 1.82) is 0 Å². The van der Waals surface area contributed by atoms with Crippen molar-refractivity contribution in [2.75, 3.05) is 46.4 Å². The summed E-state index contributed by atoms with van der Waals surface area (Å²) in [4.78, 5) is 18.2. The molecular formula is C25H35N3O3+2. The Bertz CT molecular complexity index is 858. The first-order valence-corrected chi connectivity index (χ1v) is 11.5. The Kier molecular flexibility index (Phi) is 7.10. The molecule has 0 saturated carbocycles. The predicted octanol–water partition coefficient (Wildman–Crippen LogP) is 0.123. The maximum absolute atomic E-state index is 13.1. The smallest absolute Gasteiger partial charge is 0.226 e. The average molecular weight is 426 g/mol. The van der Waals surface area contributed by atoms with Gasteiger partial charge in [0.1, 0.15) is 13.1 Å². The van der Waals surface area contributed by atoms with Crippen molar-refractivity contribution in [3.63, 3.8) is 0 Å². The van der Waals surface area contributed by atoms with E-state index in [1.54, 1.807) is 18.1 Å². The highest BCUT2D eigenvalue weighted by atomic mass is 16.5. The summed E-state index contributed by atoms with van der Waals surface area (Å²) in [6, 6.07) is 16.2. The van der Waals surface area contributed by atoms with Gasteiger partial charge >= 0.3 is 0 Å². The minimum absolute atomic E-state index is 0.175. The molecule has 4 rings (SSSR count). The largest absolute Gasteiger partial charge is 0.504 e. The van der Waals surface area contributed by atoms with Crippen LogP contribution < -0.4 is 14.5 Å². The summed E-state index contributed by atoms with van der Waals surface area (Å²) in [5, 5.41) is 9.78. The molecule has 166 valence electrons. The summed E-state index contributed by atoms with van der Waals surface area (Å²) in [5.74, 6) is 1.24. The summed E-state index contributed by atoms with van der Waals surface area (Å²) < 4.78 is 5.22. The molecular weight excluding hydrogens is 390 g/mol. The summed E-state index contributed by atoms with van der Waals surface area (Å²) in [6.07, 6.45) is 1.92. The van der Waals surface area contributed by atoms with Crippen molar-refractivity contribution in [1.82, 2.24) is 4.90 Å². The Morgan fingerprint density at radius 2 is 1.61 bits per heavy atom. The van der Waals surface area contributed by atoms with E-state index in [2.05, 4.69) is 35.2 Å². The lowest BCUT2D eigenvalue weighted by Gasteiger charge is -2.36. The Hall–Kier alpha value is -2.57. The standard InChI is InChI=1S/C25H33N3O3/c1-31-24-17-21(7-8-23(24)29)19-26-11-9-22(10-12-26)25(30)28-15-13-27(14-16-28)18-20-5-3-2-4-6-20/h2-8,17,22,29H,9-16,18-19H2,1H3/p+2. The van der Waals surface area contributed by atoms with Crippen molar-refractivity contribution >= 4 is 5.91 Å². The lowest BCUT2D eigenvalue weighted by atomic mass is 9.94. The molecule has 0 atom stereocenters. The fraction of sp³-hybridized carbons (Fsp3) is 0.480. The van der Waals surface area contributed by atoms with Crippen LogP contribution in [0.2, 0.25) is 0 Å². The number of benzene rings is 2. The zero-order valence-electron chi connectivity index (χ0n) is 18.5. The van der Waals surface area contributed by atoms with Gasteiger partial charge in [-0.25, -0.2) is 0 Å². The molecule has 6 nitrogen and oxygen atoms in total. The number of quaternary nitrogens is 2. The number of piperidine rings is 1. The SMILES string of the molecule is COc1cc(C[NH+]2CCC(C(=O)N3CC[NH+](Cc4ccccc4)CC3)CC2)ccc1O. The number of rotatable bonds is 6. The van der Waals surface area contributed by atoms with Gasteiger partial charge in [0.15, 0.2) is 11.5 Å². The number of phenolic OH excluding ortho intramolecular Hbond substituents is 1. The molecule has 0 aromatic heterocycles. The van der Waals surface area contributed by atoms with Crippen molar-refractivity contribution in [2.24, 2.45) is 5.92 Å². The predicted molar refractivity (Wildman–Crippen MR) is 119 cm³/mol. The second-order valence-electron chi connectivity index (χ2n) is 8.94. The third-order valence-electron chi connectivity index (χ3n) is 6.82. The fourth-order valence-corrected chi connectivity index (χ4v) is 4.93. The van der Waals surface area contributed by atoms with Crippen molar-refractivity contribution in [3.8, 4) is 11.5 Å². The molecule has 0 spiro atoms. The lowest BCUT2D eigenvalue weighted by Crippen LogP contribution is -3.13. The van der Waals surface area contributed by atoms with Crippen LogP contribution in [0.15, 0.2) is 48.5 Å². The molecule has 2 fully saturated rings.